The molecular weight excluding hydrogens is 278 g/mol. The molecule has 1 aromatic carbocycles. The van der Waals surface area contributed by atoms with E-state index < -0.39 is 23.5 Å². The second kappa shape index (κ2) is 6.53. The third-order valence-corrected chi connectivity index (χ3v) is 2.72. The van der Waals surface area contributed by atoms with Crippen molar-refractivity contribution in [2.24, 2.45) is 0 Å². The Balaban J connectivity index is 2.12. The number of hydrogen-bond acceptors (Lipinski definition) is 5. The first kappa shape index (κ1) is 14.5. The summed E-state index contributed by atoms with van der Waals surface area (Å²) in [6, 6.07) is 9.31. The first-order valence-corrected chi connectivity index (χ1v) is 6.07. The Bertz CT molecular complexity index is 600. The summed E-state index contributed by atoms with van der Waals surface area (Å²) in [5.41, 5.74) is 0.459. The normalized spacial score (nSPS) is 11.7. The molecule has 0 saturated heterocycles. The molecule has 0 radical (unpaired) electrons. The van der Waals surface area contributed by atoms with Crippen molar-refractivity contribution in [2.45, 2.75) is 6.04 Å². The lowest BCUT2D eigenvalue weighted by molar-refractivity contribution is -0.491. The highest BCUT2D eigenvalue weighted by Crippen LogP contribution is 2.21. The number of anilines is 1. The standard InChI is InChI=1S/C13H13N3O5/c17-13(14-10-5-2-1-3-6-10)16(20)11(9-15(18)19)12-7-4-8-21-12/h1-8,11,20H,9H2,(H,14,17)/t11-/m1/s1. The van der Waals surface area contributed by atoms with E-state index in [-0.39, 0.29) is 10.8 Å². The zero-order chi connectivity index (χ0) is 15.2. The second-order valence-corrected chi connectivity index (χ2v) is 4.19. The Labute approximate surface area is 119 Å². The highest BCUT2D eigenvalue weighted by molar-refractivity contribution is 5.88. The fraction of sp³-hybridized carbons (Fsp3) is 0.154. The van der Waals surface area contributed by atoms with Crippen molar-refractivity contribution in [1.29, 1.82) is 0 Å². The van der Waals surface area contributed by atoms with Crippen molar-refractivity contribution in [3.05, 3.63) is 64.6 Å². The Hall–Kier alpha value is -2.87. The van der Waals surface area contributed by atoms with Crippen molar-refractivity contribution >= 4 is 11.7 Å². The number of carbonyl (C=O) groups is 1. The van der Waals surface area contributed by atoms with E-state index in [1.165, 1.54) is 18.4 Å². The van der Waals surface area contributed by atoms with Crippen LogP contribution in [0.25, 0.3) is 0 Å². The van der Waals surface area contributed by atoms with Crippen LogP contribution < -0.4 is 5.32 Å². The lowest BCUT2D eigenvalue weighted by atomic mass is 10.2. The molecule has 1 aromatic heterocycles. The van der Waals surface area contributed by atoms with E-state index in [2.05, 4.69) is 5.32 Å². The molecule has 0 aliphatic rings. The number of hydrogen-bond donors (Lipinski definition) is 2. The van der Waals surface area contributed by atoms with Gasteiger partial charge in [-0.15, -0.1) is 0 Å². The van der Waals surface area contributed by atoms with Crippen LogP contribution in [0.15, 0.2) is 53.1 Å². The quantitative estimate of drug-likeness (QED) is 0.500. The molecule has 1 heterocycles. The Morgan fingerprint density at radius 1 is 1.33 bits per heavy atom. The number of furan rings is 1. The molecule has 0 bridgehead atoms. The lowest BCUT2D eigenvalue weighted by Crippen LogP contribution is -2.38. The van der Waals surface area contributed by atoms with Crippen LogP contribution in [0.1, 0.15) is 11.8 Å². The topological polar surface area (TPSA) is 109 Å². The van der Waals surface area contributed by atoms with E-state index in [9.17, 15) is 20.1 Å². The van der Waals surface area contributed by atoms with Crippen molar-refractivity contribution < 1.29 is 19.3 Å². The molecule has 21 heavy (non-hydrogen) atoms. The van der Waals surface area contributed by atoms with Gasteiger partial charge in [-0.1, -0.05) is 18.2 Å². The number of rotatable bonds is 5. The predicted molar refractivity (Wildman–Crippen MR) is 72.4 cm³/mol. The van der Waals surface area contributed by atoms with Gasteiger partial charge < -0.3 is 9.73 Å². The fourth-order valence-corrected chi connectivity index (χ4v) is 1.75. The first-order chi connectivity index (χ1) is 10.1. The average molecular weight is 291 g/mol. The maximum Gasteiger partial charge on any atom is 0.346 e. The smallest absolute Gasteiger partial charge is 0.346 e. The Morgan fingerprint density at radius 2 is 2.05 bits per heavy atom. The fourth-order valence-electron chi connectivity index (χ4n) is 1.75. The third-order valence-electron chi connectivity index (χ3n) is 2.72. The molecule has 0 spiro atoms. The van der Waals surface area contributed by atoms with E-state index in [0.29, 0.717) is 5.69 Å². The molecule has 0 aliphatic carbocycles. The number of nitrogens with one attached hydrogen (secondary N) is 1. The van der Waals surface area contributed by atoms with Crippen LogP contribution in [-0.2, 0) is 0 Å². The molecule has 0 fully saturated rings. The summed E-state index contributed by atoms with van der Waals surface area (Å²) >= 11 is 0. The molecular formula is C13H13N3O5. The van der Waals surface area contributed by atoms with Gasteiger partial charge in [0.05, 0.1) is 6.26 Å². The van der Waals surface area contributed by atoms with Crippen LogP contribution in [0.4, 0.5) is 10.5 Å². The number of amides is 2. The van der Waals surface area contributed by atoms with Gasteiger partial charge in [-0.05, 0) is 24.3 Å². The highest BCUT2D eigenvalue weighted by Gasteiger charge is 2.31. The Morgan fingerprint density at radius 3 is 2.62 bits per heavy atom. The first-order valence-electron chi connectivity index (χ1n) is 6.07. The van der Waals surface area contributed by atoms with E-state index in [4.69, 9.17) is 4.42 Å². The van der Waals surface area contributed by atoms with Crippen molar-refractivity contribution in [3.63, 3.8) is 0 Å². The summed E-state index contributed by atoms with van der Waals surface area (Å²) < 4.78 is 5.03. The molecule has 2 rings (SSSR count). The number of urea groups is 1. The molecule has 8 nitrogen and oxygen atoms in total. The minimum Gasteiger partial charge on any atom is -0.467 e. The summed E-state index contributed by atoms with van der Waals surface area (Å²) in [5, 5.41) is 23.3. The second-order valence-electron chi connectivity index (χ2n) is 4.19. The molecule has 1 atom stereocenters. The largest absolute Gasteiger partial charge is 0.467 e. The molecule has 2 N–H and O–H groups in total. The van der Waals surface area contributed by atoms with Crippen LogP contribution in [0, 0.1) is 10.1 Å². The maximum atomic E-state index is 11.9. The number of nitro groups is 1. The van der Waals surface area contributed by atoms with Gasteiger partial charge in [0, 0.05) is 10.6 Å². The zero-order valence-electron chi connectivity index (χ0n) is 10.9. The van der Waals surface area contributed by atoms with Gasteiger partial charge in [-0.3, -0.25) is 15.3 Å². The number of hydroxylamine groups is 2. The van der Waals surface area contributed by atoms with Crippen LogP contribution in [0.5, 0.6) is 0 Å². The highest BCUT2D eigenvalue weighted by atomic mass is 16.6. The van der Waals surface area contributed by atoms with E-state index in [0.717, 1.165) is 0 Å². The van der Waals surface area contributed by atoms with Crippen LogP contribution in [0.2, 0.25) is 0 Å². The Kier molecular flexibility index (Phi) is 4.52. The molecule has 0 saturated carbocycles. The third kappa shape index (κ3) is 3.80. The molecule has 8 heteroatoms. The van der Waals surface area contributed by atoms with Gasteiger partial charge in [0.1, 0.15) is 5.76 Å². The zero-order valence-corrected chi connectivity index (χ0v) is 10.9. The van der Waals surface area contributed by atoms with Gasteiger partial charge in [-0.2, -0.15) is 5.06 Å². The van der Waals surface area contributed by atoms with Gasteiger partial charge >= 0.3 is 6.03 Å². The number of carbonyl (C=O) groups excluding carboxylic acids is 1. The van der Waals surface area contributed by atoms with Crippen LogP contribution in [-0.4, -0.2) is 27.8 Å². The van der Waals surface area contributed by atoms with Crippen LogP contribution >= 0.6 is 0 Å². The van der Waals surface area contributed by atoms with Crippen molar-refractivity contribution in [3.8, 4) is 0 Å². The minimum atomic E-state index is -1.21. The van der Waals surface area contributed by atoms with Gasteiger partial charge in [-0.25, -0.2) is 4.79 Å². The number of para-hydroxylation sites is 1. The van der Waals surface area contributed by atoms with Crippen molar-refractivity contribution in [2.75, 3.05) is 11.9 Å². The molecule has 2 amide bonds. The lowest BCUT2D eigenvalue weighted by Gasteiger charge is -2.21. The molecule has 2 aromatic rings. The van der Waals surface area contributed by atoms with Crippen LogP contribution in [0.3, 0.4) is 0 Å². The minimum absolute atomic E-state index is 0.123. The van der Waals surface area contributed by atoms with E-state index in [1.807, 2.05) is 0 Å². The average Bonchev–Trinajstić information content (AvgIpc) is 2.99. The molecule has 0 unspecified atom stereocenters. The molecule has 0 aliphatic heterocycles. The van der Waals surface area contributed by atoms with E-state index in [1.54, 1.807) is 30.3 Å². The summed E-state index contributed by atoms with van der Waals surface area (Å²) in [6.07, 6.45) is 1.31. The van der Waals surface area contributed by atoms with Gasteiger partial charge in [0.15, 0.2) is 6.04 Å². The number of nitrogens with zero attached hydrogens (tertiary/aromatic N) is 2. The van der Waals surface area contributed by atoms with E-state index >= 15 is 0 Å². The van der Waals surface area contributed by atoms with Gasteiger partial charge in [0.25, 0.3) is 0 Å². The van der Waals surface area contributed by atoms with Crippen molar-refractivity contribution in [1.82, 2.24) is 5.06 Å². The monoisotopic (exact) mass is 291 g/mol. The SMILES string of the molecule is O=C(Nc1ccccc1)N(O)[C@H](C[N+](=O)[O-])c1ccco1. The van der Waals surface area contributed by atoms with Gasteiger partial charge in [0.2, 0.25) is 6.54 Å². The number of benzene rings is 1. The molecule has 110 valence electrons. The maximum absolute atomic E-state index is 11.9. The summed E-state index contributed by atoms with van der Waals surface area (Å²) in [5.74, 6) is 0.123. The predicted octanol–water partition coefficient (Wildman–Crippen LogP) is 2.52. The summed E-state index contributed by atoms with van der Waals surface area (Å²) in [7, 11) is 0. The summed E-state index contributed by atoms with van der Waals surface area (Å²) in [6.45, 7) is -0.674. The summed E-state index contributed by atoms with van der Waals surface area (Å²) in [4.78, 5) is 22.0.